The molecule has 0 unspecified atom stereocenters. The minimum atomic E-state index is -3.28. The number of nitrogens with one attached hydrogen (secondary N) is 1. The van der Waals surface area contributed by atoms with Crippen molar-refractivity contribution < 1.29 is 13.2 Å². The molecule has 1 aliphatic rings. The molecule has 0 fully saturated rings. The van der Waals surface area contributed by atoms with Crippen molar-refractivity contribution in [3.63, 3.8) is 0 Å². The van der Waals surface area contributed by atoms with Gasteiger partial charge in [0.05, 0.1) is 11.9 Å². The number of hydrogen-bond donors (Lipinski definition) is 1. The Kier molecular flexibility index (Phi) is 4.56. The third-order valence-electron chi connectivity index (χ3n) is 4.43. The molecule has 2 aromatic carbocycles. The van der Waals surface area contributed by atoms with Gasteiger partial charge in [0.15, 0.2) is 0 Å². The number of rotatable bonds is 4. The van der Waals surface area contributed by atoms with Crippen molar-refractivity contribution in [2.75, 3.05) is 22.4 Å². The van der Waals surface area contributed by atoms with Crippen LogP contribution in [0.25, 0.3) is 0 Å². The van der Waals surface area contributed by atoms with Gasteiger partial charge < -0.3 is 5.32 Å². The van der Waals surface area contributed by atoms with Crippen LogP contribution in [-0.2, 0) is 16.4 Å². The second kappa shape index (κ2) is 6.52. The highest BCUT2D eigenvalue weighted by Gasteiger charge is 2.26. The number of benzene rings is 2. The lowest BCUT2D eigenvalue weighted by molar-refractivity contribution is 0.102. The summed E-state index contributed by atoms with van der Waals surface area (Å²) in [5.41, 5.74) is 3.98. The second-order valence-corrected chi connectivity index (χ2v) is 8.53. The smallest absolute Gasteiger partial charge is 0.255 e. The number of fused-ring (bicyclic) bond motifs is 1. The van der Waals surface area contributed by atoms with Crippen LogP contribution < -0.4 is 9.62 Å². The minimum Gasteiger partial charge on any atom is -0.322 e. The maximum absolute atomic E-state index is 12.6. The molecule has 25 heavy (non-hydrogen) atoms. The first-order chi connectivity index (χ1) is 11.8. The van der Waals surface area contributed by atoms with Crippen molar-refractivity contribution in [3.05, 3.63) is 59.2 Å². The Morgan fingerprint density at radius 3 is 2.56 bits per heavy atom. The Labute approximate surface area is 148 Å². The first-order valence-corrected chi connectivity index (χ1v) is 10.1. The van der Waals surface area contributed by atoms with E-state index in [1.54, 1.807) is 18.2 Å². The SMILES string of the molecule is CC(C)c1ccccc1NC(=O)c1ccc2c(c1)CCN2S(C)(=O)=O. The van der Waals surface area contributed by atoms with Crippen LogP contribution in [0.1, 0.15) is 41.3 Å². The summed E-state index contributed by atoms with van der Waals surface area (Å²) in [5, 5.41) is 2.97. The van der Waals surface area contributed by atoms with Crippen LogP contribution in [-0.4, -0.2) is 27.1 Å². The number of para-hydroxylation sites is 1. The van der Waals surface area contributed by atoms with Gasteiger partial charge in [0.1, 0.15) is 0 Å². The standard InChI is InChI=1S/C19H22N2O3S/c1-13(2)16-6-4-5-7-17(16)20-19(22)15-8-9-18-14(12-15)10-11-21(18)25(3,23)24/h4-9,12-13H,10-11H2,1-3H3,(H,20,22). The van der Waals surface area contributed by atoms with E-state index in [0.717, 1.165) is 16.8 Å². The van der Waals surface area contributed by atoms with Crippen molar-refractivity contribution >= 4 is 27.3 Å². The van der Waals surface area contributed by atoms with E-state index in [9.17, 15) is 13.2 Å². The maximum atomic E-state index is 12.6. The predicted molar refractivity (Wildman–Crippen MR) is 101 cm³/mol. The first kappa shape index (κ1) is 17.5. The van der Waals surface area contributed by atoms with E-state index in [1.165, 1.54) is 10.6 Å². The highest BCUT2D eigenvalue weighted by molar-refractivity contribution is 7.92. The van der Waals surface area contributed by atoms with Crippen molar-refractivity contribution in [1.29, 1.82) is 0 Å². The zero-order valence-electron chi connectivity index (χ0n) is 14.6. The van der Waals surface area contributed by atoms with E-state index >= 15 is 0 Å². The lowest BCUT2D eigenvalue weighted by atomic mass is 10.0. The fourth-order valence-electron chi connectivity index (χ4n) is 3.17. The zero-order valence-corrected chi connectivity index (χ0v) is 15.4. The van der Waals surface area contributed by atoms with Gasteiger partial charge in [0, 0.05) is 17.8 Å². The Morgan fingerprint density at radius 1 is 1.16 bits per heavy atom. The van der Waals surface area contributed by atoms with E-state index in [2.05, 4.69) is 19.2 Å². The molecule has 1 aliphatic heterocycles. The number of nitrogens with zero attached hydrogens (tertiary/aromatic N) is 1. The molecule has 0 aromatic heterocycles. The summed E-state index contributed by atoms with van der Waals surface area (Å²) in [6.45, 7) is 4.59. The van der Waals surface area contributed by atoms with Crippen LogP contribution in [0.3, 0.4) is 0 Å². The van der Waals surface area contributed by atoms with Crippen molar-refractivity contribution in [2.24, 2.45) is 0 Å². The maximum Gasteiger partial charge on any atom is 0.255 e. The quantitative estimate of drug-likeness (QED) is 0.911. The molecular formula is C19H22N2O3S. The monoisotopic (exact) mass is 358 g/mol. The molecule has 6 heteroatoms. The van der Waals surface area contributed by atoms with Crippen molar-refractivity contribution in [3.8, 4) is 0 Å². The Bertz CT molecular complexity index is 920. The number of hydrogen-bond acceptors (Lipinski definition) is 3. The average molecular weight is 358 g/mol. The second-order valence-electron chi connectivity index (χ2n) is 6.62. The lowest BCUT2D eigenvalue weighted by Crippen LogP contribution is -2.27. The van der Waals surface area contributed by atoms with E-state index in [1.807, 2.05) is 24.3 Å². The summed E-state index contributed by atoms with van der Waals surface area (Å²) in [6.07, 6.45) is 1.82. The number of amides is 1. The average Bonchev–Trinajstić information content (AvgIpc) is 2.98. The van der Waals surface area contributed by atoms with Crippen LogP contribution in [0.5, 0.6) is 0 Å². The normalized spacial score (nSPS) is 13.8. The molecule has 132 valence electrons. The number of sulfonamides is 1. The molecule has 0 atom stereocenters. The zero-order chi connectivity index (χ0) is 18.2. The van der Waals surface area contributed by atoms with Crippen molar-refractivity contribution in [2.45, 2.75) is 26.2 Å². The van der Waals surface area contributed by atoms with Gasteiger partial charge in [0.2, 0.25) is 10.0 Å². The Hall–Kier alpha value is -2.34. The summed E-state index contributed by atoms with van der Waals surface area (Å²) in [6, 6.07) is 12.9. The highest BCUT2D eigenvalue weighted by atomic mass is 32.2. The minimum absolute atomic E-state index is 0.186. The van der Waals surface area contributed by atoms with Crippen LogP contribution in [0.2, 0.25) is 0 Å². The van der Waals surface area contributed by atoms with Gasteiger partial charge in [-0.15, -0.1) is 0 Å². The summed E-state index contributed by atoms with van der Waals surface area (Å²) >= 11 is 0. The van der Waals surface area contributed by atoms with Crippen molar-refractivity contribution in [1.82, 2.24) is 0 Å². The molecule has 3 rings (SSSR count). The molecule has 0 spiro atoms. The molecule has 0 saturated carbocycles. The van der Waals surface area contributed by atoms with E-state index < -0.39 is 10.0 Å². The summed E-state index contributed by atoms with van der Waals surface area (Å²) in [4.78, 5) is 12.6. The molecule has 1 amide bonds. The molecule has 0 aliphatic carbocycles. The third-order valence-corrected chi connectivity index (χ3v) is 5.61. The third kappa shape index (κ3) is 3.54. The molecule has 1 N–H and O–H groups in total. The van der Waals surface area contributed by atoms with Gasteiger partial charge in [-0.05, 0) is 47.7 Å². The van der Waals surface area contributed by atoms with Crippen LogP contribution in [0, 0.1) is 0 Å². The van der Waals surface area contributed by atoms with Gasteiger partial charge >= 0.3 is 0 Å². The number of carbonyl (C=O) groups is 1. The number of anilines is 2. The fourth-order valence-corrected chi connectivity index (χ4v) is 4.12. The largest absolute Gasteiger partial charge is 0.322 e. The summed E-state index contributed by atoms with van der Waals surface area (Å²) < 4.78 is 25.0. The molecular weight excluding hydrogens is 336 g/mol. The topological polar surface area (TPSA) is 66.5 Å². The Morgan fingerprint density at radius 2 is 1.88 bits per heavy atom. The summed E-state index contributed by atoms with van der Waals surface area (Å²) in [7, 11) is -3.28. The first-order valence-electron chi connectivity index (χ1n) is 8.28. The molecule has 2 aromatic rings. The van der Waals surface area contributed by atoms with Gasteiger partial charge in [0.25, 0.3) is 5.91 Å². The van der Waals surface area contributed by atoms with Crippen LogP contribution in [0.15, 0.2) is 42.5 Å². The van der Waals surface area contributed by atoms with Gasteiger partial charge in [-0.3, -0.25) is 9.10 Å². The van der Waals surface area contributed by atoms with Gasteiger partial charge in [-0.25, -0.2) is 8.42 Å². The van der Waals surface area contributed by atoms with Gasteiger partial charge in [-0.1, -0.05) is 32.0 Å². The van der Waals surface area contributed by atoms with E-state index in [-0.39, 0.29) is 5.91 Å². The van der Waals surface area contributed by atoms with E-state index in [0.29, 0.717) is 30.1 Å². The molecule has 0 radical (unpaired) electrons. The van der Waals surface area contributed by atoms with E-state index in [4.69, 9.17) is 0 Å². The lowest BCUT2D eigenvalue weighted by Gasteiger charge is -2.17. The molecule has 1 heterocycles. The highest BCUT2D eigenvalue weighted by Crippen LogP contribution is 2.31. The molecule has 0 saturated heterocycles. The number of carbonyl (C=O) groups excluding carboxylic acids is 1. The Balaban J connectivity index is 1.86. The van der Waals surface area contributed by atoms with Crippen LogP contribution in [0.4, 0.5) is 11.4 Å². The fraction of sp³-hybridized carbons (Fsp3) is 0.316. The van der Waals surface area contributed by atoms with Crippen LogP contribution >= 0.6 is 0 Å². The molecule has 0 bridgehead atoms. The summed E-state index contributed by atoms with van der Waals surface area (Å²) in [5.74, 6) is 0.119. The molecule has 5 nitrogen and oxygen atoms in total. The predicted octanol–water partition coefficient (Wildman–Crippen LogP) is 3.38. The van der Waals surface area contributed by atoms with Gasteiger partial charge in [-0.2, -0.15) is 0 Å².